The summed E-state index contributed by atoms with van der Waals surface area (Å²) in [6.07, 6.45) is 3.47. The zero-order valence-electron chi connectivity index (χ0n) is 48.3. The average molecular weight is 1040 g/mol. The molecule has 0 aliphatic rings. The summed E-state index contributed by atoms with van der Waals surface area (Å²) in [6, 6.07) is -9.96. The van der Waals surface area contributed by atoms with E-state index in [2.05, 4.69) is 16.0 Å². The molecule has 0 aromatic rings. The lowest BCUT2D eigenvalue weighted by Crippen LogP contribution is -2.63. The van der Waals surface area contributed by atoms with E-state index in [-0.39, 0.29) is 42.9 Å². The van der Waals surface area contributed by atoms with Crippen molar-refractivity contribution in [1.82, 2.24) is 40.4 Å². The molecule has 6 N–H and O–H groups in total. The van der Waals surface area contributed by atoms with Gasteiger partial charge in [-0.15, -0.1) is 0 Å². The average Bonchev–Trinajstić information content (AvgIpc) is 3.32. The second kappa shape index (κ2) is 31.6. The Morgan fingerprint density at radius 2 is 0.959 bits per heavy atom. The third-order valence-corrected chi connectivity index (χ3v) is 13.4. The van der Waals surface area contributed by atoms with Crippen LogP contribution in [0.3, 0.4) is 0 Å². The minimum atomic E-state index is -1.48. The van der Waals surface area contributed by atoms with Crippen LogP contribution < -0.4 is 21.7 Å². The number of esters is 1. The zero-order valence-corrected chi connectivity index (χ0v) is 48.3. The van der Waals surface area contributed by atoms with Crippen LogP contribution in [0.15, 0.2) is 12.2 Å². The standard InChI is InChI=1S/C53H97N9O11/c1-22-24-25-34(13)44(63)43(47(66)57-37(23-2)53(72)73-21)62(20)52(71)42(33(11)12)61(19)50(69)40(28-31(7)8)60(18)49(68)39(27-30(5)6)59(17)48(67)36(15)56-45(64)35(14)55-46(65)38(26-29(3)4)58(16)51(70)41(54)32(9)10/h22,24,29-44,63H,23,25-28,54H2,1-21H3,(H,55,65)(H,56,64)(H,57,66)/b24-22+/t34-,35+,36-,37+,38-,39+,40+,41+,42+,43+,44-/m1/s1. The molecule has 8 amide bonds. The van der Waals surface area contributed by atoms with Crippen molar-refractivity contribution in [3.05, 3.63) is 12.2 Å². The van der Waals surface area contributed by atoms with E-state index in [4.69, 9.17) is 10.5 Å². The molecule has 11 atom stereocenters. The molecule has 0 unspecified atom stereocenters. The maximum atomic E-state index is 14.9. The number of nitrogens with zero attached hydrogens (tertiary/aromatic N) is 5. The number of carbonyl (C=O) groups excluding carboxylic acids is 9. The first-order valence-corrected chi connectivity index (χ1v) is 26.0. The Kier molecular flexibility index (Phi) is 29.4. The predicted octanol–water partition coefficient (Wildman–Crippen LogP) is 2.94. The van der Waals surface area contributed by atoms with Gasteiger partial charge in [-0.05, 0) is 88.4 Å². The maximum Gasteiger partial charge on any atom is 0.328 e. The van der Waals surface area contributed by atoms with Gasteiger partial charge in [-0.2, -0.15) is 0 Å². The number of hydrogen-bond donors (Lipinski definition) is 5. The molecule has 20 heteroatoms. The van der Waals surface area contributed by atoms with E-state index in [1.54, 1.807) is 33.8 Å². The number of nitrogens with one attached hydrogen (secondary N) is 3. The minimum absolute atomic E-state index is 0.0188. The first kappa shape index (κ1) is 67.9. The van der Waals surface area contributed by atoms with Gasteiger partial charge in [0, 0.05) is 35.2 Å². The summed E-state index contributed by atoms with van der Waals surface area (Å²) in [7, 11) is 8.44. The topological polar surface area (TPSA) is 261 Å². The smallest absolute Gasteiger partial charge is 0.328 e. The lowest BCUT2D eigenvalue weighted by molar-refractivity contribution is -0.157. The number of methoxy groups -OCH3 is 1. The zero-order chi connectivity index (χ0) is 57.1. The first-order chi connectivity index (χ1) is 33.7. The molecule has 0 aliphatic carbocycles. The molecule has 0 rings (SSSR count). The summed E-state index contributed by atoms with van der Waals surface area (Å²) in [5.41, 5.74) is 6.13. The van der Waals surface area contributed by atoms with Crippen LogP contribution in [-0.4, -0.2) is 186 Å². The van der Waals surface area contributed by atoms with Crippen molar-refractivity contribution in [2.75, 3.05) is 42.3 Å². The second-order valence-corrected chi connectivity index (χ2v) is 21.8. The van der Waals surface area contributed by atoms with Gasteiger partial charge < -0.3 is 56.0 Å². The lowest BCUT2D eigenvalue weighted by atomic mass is 9.91. The van der Waals surface area contributed by atoms with Crippen molar-refractivity contribution in [3.8, 4) is 0 Å². The Morgan fingerprint density at radius 3 is 1.38 bits per heavy atom. The number of amides is 8. The summed E-state index contributed by atoms with van der Waals surface area (Å²) >= 11 is 0. The number of carbonyl (C=O) groups is 9. The van der Waals surface area contributed by atoms with Gasteiger partial charge >= 0.3 is 5.97 Å². The van der Waals surface area contributed by atoms with Gasteiger partial charge in [0.1, 0.15) is 48.3 Å². The number of likely N-dealkylation sites (N-methyl/N-ethyl adjacent to an activating group) is 5. The van der Waals surface area contributed by atoms with Gasteiger partial charge in [0.2, 0.25) is 47.3 Å². The summed E-state index contributed by atoms with van der Waals surface area (Å²) in [6.45, 7) is 26.6. The highest BCUT2D eigenvalue weighted by Gasteiger charge is 2.45. The minimum Gasteiger partial charge on any atom is -0.467 e. The van der Waals surface area contributed by atoms with Crippen molar-refractivity contribution in [3.63, 3.8) is 0 Å². The Bertz CT molecular complexity index is 1870. The van der Waals surface area contributed by atoms with Crippen LogP contribution in [0, 0.1) is 35.5 Å². The molecular weight excluding hydrogens is 939 g/mol. The molecule has 0 aromatic carbocycles. The number of ether oxygens (including phenoxy) is 1. The molecule has 0 saturated carbocycles. The van der Waals surface area contributed by atoms with Gasteiger partial charge in [-0.25, -0.2) is 4.79 Å². The van der Waals surface area contributed by atoms with E-state index in [1.807, 2.05) is 68.4 Å². The summed E-state index contributed by atoms with van der Waals surface area (Å²) in [5, 5.41) is 19.7. The molecular formula is C53H97N9O11. The van der Waals surface area contributed by atoms with E-state index in [0.717, 1.165) is 4.90 Å². The van der Waals surface area contributed by atoms with Gasteiger partial charge in [-0.3, -0.25) is 38.4 Å². The number of aliphatic hydroxyl groups is 1. The molecule has 420 valence electrons. The highest BCUT2D eigenvalue weighted by Crippen LogP contribution is 2.25. The Hall–Kier alpha value is -5.11. The molecule has 0 fully saturated rings. The Labute approximate surface area is 437 Å². The summed E-state index contributed by atoms with van der Waals surface area (Å²) in [5.74, 6) is -6.97. The number of nitrogens with two attached hydrogens (primary N) is 1. The largest absolute Gasteiger partial charge is 0.467 e. The highest BCUT2D eigenvalue weighted by atomic mass is 16.5. The molecule has 20 nitrogen and oxygen atoms in total. The molecule has 0 aromatic heterocycles. The van der Waals surface area contributed by atoms with Gasteiger partial charge in [0.25, 0.3) is 0 Å². The third-order valence-electron chi connectivity index (χ3n) is 13.4. The molecule has 0 aliphatic heterocycles. The third kappa shape index (κ3) is 19.9. The monoisotopic (exact) mass is 1040 g/mol. The number of allylic oxidation sites excluding steroid dienone is 2. The fourth-order valence-electron chi connectivity index (χ4n) is 8.63. The van der Waals surface area contributed by atoms with Crippen molar-refractivity contribution in [1.29, 1.82) is 0 Å². The fraction of sp³-hybridized carbons (Fsp3) is 0.792. The van der Waals surface area contributed by atoms with Gasteiger partial charge in [0.15, 0.2) is 0 Å². The Morgan fingerprint density at radius 1 is 0.534 bits per heavy atom. The van der Waals surface area contributed by atoms with E-state index >= 15 is 0 Å². The fourth-order valence-corrected chi connectivity index (χ4v) is 8.63. The van der Waals surface area contributed by atoms with Crippen LogP contribution in [0.1, 0.15) is 136 Å². The van der Waals surface area contributed by atoms with E-state index in [9.17, 15) is 48.3 Å². The van der Waals surface area contributed by atoms with Crippen molar-refractivity contribution in [2.24, 2.45) is 41.2 Å². The number of rotatable bonds is 30. The molecule has 0 saturated heterocycles. The quantitative estimate of drug-likeness (QED) is 0.0514. The molecule has 73 heavy (non-hydrogen) atoms. The second-order valence-electron chi connectivity index (χ2n) is 21.8. The maximum absolute atomic E-state index is 14.9. The van der Waals surface area contributed by atoms with Gasteiger partial charge in [-0.1, -0.05) is 95.2 Å². The van der Waals surface area contributed by atoms with Gasteiger partial charge in [0.05, 0.1) is 19.3 Å². The van der Waals surface area contributed by atoms with Crippen LogP contribution in [0.25, 0.3) is 0 Å². The Balaban J connectivity index is 6.86. The predicted molar refractivity (Wildman–Crippen MR) is 283 cm³/mol. The van der Waals surface area contributed by atoms with E-state index in [1.165, 1.54) is 75.8 Å². The SMILES string of the molecule is C/C=C/C[C@@H](C)[C@@H](O)[C@@H](C(=O)N[C@@H](CC)C(=O)OC)N(C)C(=O)[C@H](C(C)C)N(C)C(=O)[C@H](CC(C)C)N(C)C(=O)[C@H](CC(C)C)N(C)C(=O)[C@@H](C)NC(=O)[C@H](C)NC(=O)[C@@H](CC(C)C)N(C)C(=O)[C@@H](N)C(C)C. The molecule has 0 radical (unpaired) electrons. The van der Waals surface area contributed by atoms with Crippen LogP contribution in [0.5, 0.6) is 0 Å². The van der Waals surface area contributed by atoms with E-state index < -0.39 is 126 Å². The molecule has 0 heterocycles. The van der Waals surface area contributed by atoms with Crippen LogP contribution in [0.2, 0.25) is 0 Å². The van der Waals surface area contributed by atoms with E-state index in [0.29, 0.717) is 12.8 Å². The lowest BCUT2D eigenvalue weighted by Gasteiger charge is -2.41. The van der Waals surface area contributed by atoms with Crippen LogP contribution >= 0.6 is 0 Å². The normalized spacial score (nSPS) is 16.3. The first-order valence-electron chi connectivity index (χ1n) is 26.0. The van der Waals surface area contributed by atoms with Crippen LogP contribution in [-0.2, 0) is 47.9 Å². The number of hydrogen-bond acceptors (Lipinski definition) is 12. The highest BCUT2D eigenvalue weighted by molar-refractivity contribution is 5.98. The molecule has 0 bridgehead atoms. The van der Waals surface area contributed by atoms with Crippen molar-refractivity contribution >= 4 is 53.2 Å². The summed E-state index contributed by atoms with van der Waals surface area (Å²) in [4.78, 5) is 132. The summed E-state index contributed by atoms with van der Waals surface area (Å²) < 4.78 is 4.87. The molecule has 0 spiro atoms. The number of aliphatic hydroxyl groups excluding tert-OH is 1. The van der Waals surface area contributed by atoms with Crippen molar-refractivity contribution in [2.45, 2.75) is 196 Å². The van der Waals surface area contributed by atoms with Crippen LogP contribution in [0.4, 0.5) is 0 Å². The van der Waals surface area contributed by atoms with Crippen molar-refractivity contribution < 1.29 is 53.0 Å².